The van der Waals surface area contributed by atoms with Crippen LogP contribution in [0.4, 0.5) is 5.69 Å². The average Bonchev–Trinajstić information content (AvgIpc) is 3.48. The molecule has 4 aromatic heterocycles. The fraction of sp³-hybridized carbons (Fsp3) is 0.0952. The second-order valence-corrected chi connectivity index (χ2v) is 6.84. The Hall–Kier alpha value is -4.27. The van der Waals surface area contributed by atoms with Gasteiger partial charge in [-0.3, -0.25) is 9.20 Å². The molecule has 0 saturated carbocycles. The number of aromatic nitrogens is 6. The van der Waals surface area contributed by atoms with E-state index < -0.39 is 0 Å². The topological polar surface area (TPSA) is 103 Å². The zero-order valence-electron chi connectivity index (χ0n) is 16.3. The van der Waals surface area contributed by atoms with E-state index >= 15 is 0 Å². The average molecular weight is 399 g/mol. The van der Waals surface area contributed by atoms with Gasteiger partial charge in [-0.15, -0.1) is 0 Å². The lowest BCUT2D eigenvalue weighted by molar-refractivity contribution is 0.102. The first-order valence-electron chi connectivity index (χ1n) is 9.26. The van der Waals surface area contributed by atoms with Crippen molar-refractivity contribution < 1.29 is 9.32 Å². The summed E-state index contributed by atoms with van der Waals surface area (Å²) >= 11 is 0. The van der Waals surface area contributed by atoms with Crippen LogP contribution in [0.15, 0.2) is 65.7 Å². The summed E-state index contributed by atoms with van der Waals surface area (Å²) in [6, 6.07) is 11.2. The van der Waals surface area contributed by atoms with Gasteiger partial charge >= 0.3 is 0 Å². The molecule has 5 aromatic rings. The molecule has 4 heterocycles. The standard InChI is InChI=1S/C21H17N7O2/c1-13-6-7-14(18-25-21(30-26-18)19-22-8-10-27(19)2)11-15(13)24-20(29)16-12-23-17-5-3-4-9-28(16)17/h3-12H,1-2H3,(H,24,29). The molecule has 1 N–H and O–H groups in total. The number of imidazole rings is 2. The van der Waals surface area contributed by atoms with E-state index in [1.54, 1.807) is 33.8 Å². The summed E-state index contributed by atoms with van der Waals surface area (Å²) in [7, 11) is 1.85. The van der Waals surface area contributed by atoms with Gasteiger partial charge < -0.3 is 14.4 Å². The molecule has 1 aromatic carbocycles. The van der Waals surface area contributed by atoms with Crippen LogP contribution in [-0.2, 0) is 7.05 Å². The number of anilines is 1. The zero-order chi connectivity index (χ0) is 20.7. The maximum atomic E-state index is 12.9. The van der Waals surface area contributed by atoms with Gasteiger partial charge in [-0.25, -0.2) is 9.97 Å². The first-order valence-corrected chi connectivity index (χ1v) is 9.26. The summed E-state index contributed by atoms with van der Waals surface area (Å²) < 4.78 is 8.90. The lowest BCUT2D eigenvalue weighted by Gasteiger charge is -2.09. The first kappa shape index (κ1) is 17.8. The lowest BCUT2D eigenvalue weighted by Crippen LogP contribution is -2.15. The van der Waals surface area contributed by atoms with Gasteiger partial charge in [-0.2, -0.15) is 4.98 Å². The number of pyridine rings is 1. The molecule has 5 rings (SSSR count). The van der Waals surface area contributed by atoms with Gasteiger partial charge in [0.15, 0.2) is 5.82 Å². The molecule has 30 heavy (non-hydrogen) atoms. The highest BCUT2D eigenvalue weighted by Crippen LogP contribution is 2.26. The highest BCUT2D eigenvalue weighted by atomic mass is 16.5. The van der Waals surface area contributed by atoms with Gasteiger partial charge in [0.05, 0.1) is 6.20 Å². The number of rotatable bonds is 4. The number of hydrogen-bond donors (Lipinski definition) is 1. The summed E-state index contributed by atoms with van der Waals surface area (Å²) in [6.45, 7) is 1.92. The molecule has 0 radical (unpaired) electrons. The smallest absolute Gasteiger partial charge is 0.294 e. The minimum atomic E-state index is -0.254. The van der Waals surface area contributed by atoms with Gasteiger partial charge in [0.2, 0.25) is 5.82 Å². The maximum Gasteiger partial charge on any atom is 0.294 e. The van der Waals surface area contributed by atoms with Crippen LogP contribution in [0, 0.1) is 6.92 Å². The van der Waals surface area contributed by atoms with E-state index in [0.717, 1.165) is 11.1 Å². The first-order chi connectivity index (χ1) is 14.6. The van der Waals surface area contributed by atoms with Gasteiger partial charge in [-0.05, 0) is 30.7 Å². The molecule has 0 aliphatic rings. The Bertz CT molecular complexity index is 1380. The van der Waals surface area contributed by atoms with Crippen LogP contribution in [-0.4, -0.2) is 35.0 Å². The SMILES string of the molecule is Cc1ccc(-c2noc(-c3nccn3C)n2)cc1NC(=O)c1cnc2ccccn12. The van der Waals surface area contributed by atoms with Crippen LogP contribution in [0.3, 0.4) is 0 Å². The Labute approximate surface area is 171 Å². The Balaban J connectivity index is 1.45. The quantitative estimate of drug-likeness (QED) is 0.497. The van der Waals surface area contributed by atoms with Crippen molar-refractivity contribution in [3.8, 4) is 23.1 Å². The molecule has 0 atom stereocenters. The van der Waals surface area contributed by atoms with E-state index in [9.17, 15) is 4.79 Å². The number of nitrogens with one attached hydrogen (secondary N) is 1. The summed E-state index contributed by atoms with van der Waals surface area (Å²) in [5, 5.41) is 7.01. The van der Waals surface area contributed by atoms with E-state index in [4.69, 9.17) is 4.52 Å². The minimum absolute atomic E-state index is 0.254. The second kappa shape index (κ2) is 6.96. The van der Waals surface area contributed by atoms with E-state index in [1.807, 2.05) is 50.4 Å². The van der Waals surface area contributed by atoms with Crippen LogP contribution in [0.2, 0.25) is 0 Å². The van der Waals surface area contributed by atoms with Crippen molar-refractivity contribution in [1.82, 2.24) is 29.1 Å². The summed E-state index contributed by atoms with van der Waals surface area (Å²) in [4.78, 5) is 25.8. The van der Waals surface area contributed by atoms with Gasteiger partial charge in [0, 0.05) is 36.9 Å². The number of carbonyl (C=O) groups excluding carboxylic acids is 1. The van der Waals surface area contributed by atoms with Gasteiger partial charge in [-0.1, -0.05) is 23.4 Å². The van der Waals surface area contributed by atoms with Gasteiger partial charge in [0.1, 0.15) is 11.3 Å². The van der Waals surface area contributed by atoms with Crippen molar-refractivity contribution in [3.63, 3.8) is 0 Å². The van der Waals surface area contributed by atoms with Crippen LogP contribution in [0.25, 0.3) is 28.8 Å². The van der Waals surface area contributed by atoms with Crippen molar-refractivity contribution in [1.29, 1.82) is 0 Å². The molecule has 0 aliphatic heterocycles. The number of fused-ring (bicyclic) bond motifs is 1. The number of aryl methyl sites for hydroxylation is 2. The third-order valence-corrected chi connectivity index (χ3v) is 4.83. The Morgan fingerprint density at radius 2 is 2.03 bits per heavy atom. The molecule has 0 saturated heterocycles. The number of amides is 1. The minimum Gasteiger partial charge on any atom is -0.330 e. The van der Waals surface area contributed by atoms with Crippen molar-refractivity contribution in [2.45, 2.75) is 6.92 Å². The fourth-order valence-corrected chi connectivity index (χ4v) is 3.19. The summed E-state index contributed by atoms with van der Waals surface area (Å²) in [6.07, 6.45) is 6.83. The van der Waals surface area contributed by atoms with Crippen LogP contribution >= 0.6 is 0 Å². The summed E-state index contributed by atoms with van der Waals surface area (Å²) in [5.41, 5.74) is 3.45. The monoisotopic (exact) mass is 399 g/mol. The van der Waals surface area contributed by atoms with E-state index in [1.165, 1.54) is 0 Å². The van der Waals surface area contributed by atoms with Crippen molar-refractivity contribution in [2.24, 2.45) is 7.05 Å². The number of hydrogen-bond acceptors (Lipinski definition) is 6. The fourth-order valence-electron chi connectivity index (χ4n) is 3.19. The lowest BCUT2D eigenvalue weighted by atomic mass is 10.1. The molecule has 0 spiro atoms. The predicted octanol–water partition coefficient (Wildman–Crippen LogP) is 3.35. The second-order valence-electron chi connectivity index (χ2n) is 6.84. The summed E-state index contributed by atoms with van der Waals surface area (Å²) in [5.74, 6) is 1.07. The molecule has 148 valence electrons. The predicted molar refractivity (Wildman–Crippen MR) is 110 cm³/mol. The van der Waals surface area contributed by atoms with Crippen LogP contribution in [0.1, 0.15) is 16.1 Å². The van der Waals surface area contributed by atoms with Crippen LogP contribution in [0.5, 0.6) is 0 Å². The highest BCUT2D eigenvalue weighted by molar-refractivity contribution is 6.04. The van der Waals surface area contributed by atoms with Crippen LogP contribution < -0.4 is 5.32 Å². The molecule has 1 amide bonds. The van der Waals surface area contributed by atoms with Crippen molar-refractivity contribution in [3.05, 3.63) is 72.4 Å². The molecule has 0 bridgehead atoms. The molecule has 0 fully saturated rings. The largest absolute Gasteiger partial charge is 0.330 e. The number of carbonyl (C=O) groups is 1. The molecule has 9 nitrogen and oxygen atoms in total. The number of benzene rings is 1. The molecule has 0 aliphatic carbocycles. The van der Waals surface area contributed by atoms with E-state index in [0.29, 0.717) is 34.6 Å². The molecule has 9 heteroatoms. The third-order valence-electron chi connectivity index (χ3n) is 4.83. The Morgan fingerprint density at radius 3 is 2.87 bits per heavy atom. The van der Waals surface area contributed by atoms with E-state index in [2.05, 4.69) is 25.4 Å². The van der Waals surface area contributed by atoms with Gasteiger partial charge in [0.25, 0.3) is 11.8 Å². The Kier molecular flexibility index (Phi) is 4.13. The normalized spacial score (nSPS) is 11.1. The Morgan fingerprint density at radius 1 is 1.13 bits per heavy atom. The zero-order valence-corrected chi connectivity index (χ0v) is 16.3. The molecule has 0 unspecified atom stereocenters. The molecular formula is C21H17N7O2. The third kappa shape index (κ3) is 3.02. The highest BCUT2D eigenvalue weighted by Gasteiger charge is 2.17. The van der Waals surface area contributed by atoms with Crippen molar-refractivity contribution in [2.75, 3.05) is 5.32 Å². The molecular weight excluding hydrogens is 382 g/mol. The number of nitrogens with zero attached hydrogens (tertiary/aromatic N) is 6. The maximum absolute atomic E-state index is 12.9. The van der Waals surface area contributed by atoms with E-state index in [-0.39, 0.29) is 5.91 Å². The van der Waals surface area contributed by atoms with Crippen molar-refractivity contribution >= 4 is 17.2 Å².